The van der Waals surface area contributed by atoms with Crippen molar-refractivity contribution in [2.45, 2.75) is 0 Å². The number of halogens is 3. The standard InChI is InChI=1S/C16H12Br2INO2/c1-22-16-10(8-11(17)9-12(16)18)6-7-15(21)20-14-5-3-2-4-13(14)19/h2-9H,1H3,(H,20,21)/b7-6+. The lowest BCUT2D eigenvalue weighted by atomic mass is 10.2. The molecule has 0 fully saturated rings. The average Bonchev–Trinajstić information content (AvgIpc) is 2.47. The Labute approximate surface area is 159 Å². The van der Waals surface area contributed by atoms with E-state index in [2.05, 4.69) is 59.8 Å². The maximum atomic E-state index is 12.0. The molecule has 0 bridgehead atoms. The molecule has 2 rings (SSSR count). The van der Waals surface area contributed by atoms with Gasteiger partial charge in [0.25, 0.3) is 0 Å². The van der Waals surface area contributed by atoms with Gasteiger partial charge < -0.3 is 10.1 Å². The van der Waals surface area contributed by atoms with Crippen molar-refractivity contribution < 1.29 is 9.53 Å². The molecule has 0 unspecified atom stereocenters. The molecule has 0 aromatic heterocycles. The monoisotopic (exact) mass is 535 g/mol. The van der Waals surface area contributed by atoms with Gasteiger partial charge in [0.1, 0.15) is 5.75 Å². The van der Waals surface area contributed by atoms with Gasteiger partial charge in [0.2, 0.25) is 5.91 Å². The van der Waals surface area contributed by atoms with Crippen LogP contribution in [0.15, 0.2) is 51.4 Å². The zero-order chi connectivity index (χ0) is 16.1. The Balaban J connectivity index is 2.18. The molecular weight excluding hydrogens is 525 g/mol. The van der Waals surface area contributed by atoms with E-state index in [1.165, 1.54) is 6.08 Å². The molecule has 2 aromatic carbocycles. The summed E-state index contributed by atoms with van der Waals surface area (Å²) < 4.78 is 8.06. The highest BCUT2D eigenvalue weighted by atomic mass is 127. The van der Waals surface area contributed by atoms with Crippen LogP contribution < -0.4 is 10.1 Å². The number of anilines is 1. The molecule has 0 heterocycles. The molecule has 1 N–H and O–H groups in total. The number of carbonyl (C=O) groups excluding carboxylic acids is 1. The molecule has 0 aliphatic rings. The fourth-order valence-electron chi connectivity index (χ4n) is 1.82. The van der Waals surface area contributed by atoms with Crippen LogP contribution >= 0.6 is 54.5 Å². The van der Waals surface area contributed by atoms with E-state index in [0.29, 0.717) is 5.75 Å². The summed E-state index contributed by atoms with van der Waals surface area (Å²) in [5, 5.41) is 2.85. The quantitative estimate of drug-likeness (QED) is 0.415. The van der Waals surface area contributed by atoms with Gasteiger partial charge in [0.15, 0.2) is 0 Å². The van der Waals surface area contributed by atoms with Crippen molar-refractivity contribution in [2.24, 2.45) is 0 Å². The van der Waals surface area contributed by atoms with Crippen LogP contribution in [0.4, 0.5) is 5.69 Å². The minimum atomic E-state index is -0.192. The highest BCUT2D eigenvalue weighted by Crippen LogP contribution is 2.33. The van der Waals surface area contributed by atoms with Gasteiger partial charge in [0, 0.05) is 19.7 Å². The third kappa shape index (κ3) is 4.57. The van der Waals surface area contributed by atoms with E-state index < -0.39 is 0 Å². The molecule has 0 radical (unpaired) electrons. The first-order valence-electron chi connectivity index (χ1n) is 6.28. The van der Waals surface area contributed by atoms with E-state index in [1.54, 1.807) is 13.2 Å². The summed E-state index contributed by atoms with van der Waals surface area (Å²) in [7, 11) is 1.59. The first-order valence-corrected chi connectivity index (χ1v) is 8.94. The van der Waals surface area contributed by atoms with Gasteiger partial charge in [-0.2, -0.15) is 0 Å². The summed E-state index contributed by atoms with van der Waals surface area (Å²) >= 11 is 9.05. The zero-order valence-electron chi connectivity index (χ0n) is 11.6. The molecule has 1 amide bonds. The van der Waals surface area contributed by atoms with E-state index in [9.17, 15) is 4.79 Å². The van der Waals surface area contributed by atoms with Gasteiger partial charge in [0.05, 0.1) is 17.3 Å². The van der Waals surface area contributed by atoms with Crippen LogP contribution in [0.25, 0.3) is 6.08 Å². The Morgan fingerprint density at radius 3 is 2.68 bits per heavy atom. The first-order chi connectivity index (χ1) is 10.5. The molecule has 0 aliphatic carbocycles. The van der Waals surface area contributed by atoms with Crippen LogP contribution in [0, 0.1) is 3.57 Å². The van der Waals surface area contributed by atoms with E-state index in [-0.39, 0.29) is 5.91 Å². The third-order valence-corrected chi connectivity index (χ3v) is 4.77. The van der Waals surface area contributed by atoms with Crippen LogP contribution in [0.2, 0.25) is 0 Å². The van der Waals surface area contributed by atoms with Crippen LogP contribution in [-0.4, -0.2) is 13.0 Å². The lowest BCUT2D eigenvalue weighted by molar-refractivity contribution is -0.111. The third-order valence-electron chi connectivity index (χ3n) is 2.79. The summed E-state index contributed by atoms with van der Waals surface area (Å²) in [5.41, 5.74) is 1.60. The van der Waals surface area contributed by atoms with Gasteiger partial charge in [-0.05, 0) is 68.9 Å². The number of carbonyl (C=O) groups is 1. The summed E-state index contributed by atoms with van der Waals surface area (Å²) in [6, 6.07) is 11.4. The Morgan fingerprint density at radius 2 is 2.00 bits per heavy atom. The number of para-hydroxylation sites is 1. The molecule has 0 saturated carbocycles. The summed E-state index contributed by atoms with van der Waals surface area (Å²) in [4.78, 5) is 12.0. The lowest BCUT2D eigenvalue weighted by Gasteiger charge is -2.08. The summed E-state index contributed by atoms with van der Waals surface area (Å²) in [6.45, 7) is 0. The Hall–Kier alpha value is -0.860. The van der Waals surface area contributed by atoms with Crippen LogP contribution in [0.3, 0.4) is 0 Å². The second kappa shape index (κ2) is 8.12. The second-order valence-corrected chi connectivity index (χ2v) is 7.24. The SMILES string of the molecule is COc1c(Br)cc(Br)cc1/C=C/C(=O)Nc1ccccc1I. The maximum Gasteiger partial charge on any atom is 0.248 e. The smallest absolute Gasteiger partial charge is 0.248 e. The first kappa shape index (κ1) is 17.5. The lowest BCUT2D eigenvalue weighted by Crippen LogP contribution is -2.08. The highest BCUT2D eigenvalue weighted by Gasteiger charge is 2.08. The average molecular weight is 537 g/mol. The van der Waals surface area contributed by atoms with Gasteiger partial charge in [-0.15, -0.1) is 0 Å². The molecule has 22 heavy (non-hydrogen) atoms. The number of hydrogen-bond acceptors (Lipinski definition) is 2. The van der Waals surface area contributed by atoms with Crippen LogP contribution in [0.1, 0.15) is 5.56 Å². The van der Waals surface area contributed by atoms with E-state index >= 15 is 0 Å². The normalized spacial score (nSPS) is 10.7. The number of rotatable bonds is 4. The molecule has 3 nitrogen and oxygen atoms in total. The molecule has 0 saturated heterocycles. The fourth-order valence-corrected chi connectivity index (χ4v) is 3.76. The Morgan fingerprint density at radius 1 is 1.27 bits per heavy atom. The predicted octanol–water partition coefficient (Wildman–Crippen LogP) is 5.48. The Kier molecular flexibility index (Phi) is 6.46. The van der Waals surface area contributed by atoms with E-state index in [0.717, 1.165) is 23.8 Å². The number of nitrogens with one attached hydrogen (secondary N) is 1. The highest BCUT2D eigenvalue weighted by molar-refractivity contribution is 14.1. The van der Waals surface area contributed by atoms with Crippen molar-refractivity contribution in [3.8, 4) is 5.75 Å². The molecule has 6 heteroatoms. The molecule has 114 valence electrons. The number of methoxy groups -OCH3 is 1. The summed E-state index contributed by atoms with van der Waals surface area (Å²) in [5.74, 6) is 0.490. The van der Waals surface area contributed by atoms with Crippen molar-refractivity contribution in [1.82, 2.24) is 0 Å². The van der Waals surface area contributed by atoms with Crippen LogP contribution in [-0.2, 0) is 4.79 Å². The predicted molar refractivity (Wildman–Crippen MR) is 105 cm³/mol. The number of benzene rings is 2. The largest absolute Gasteiger partial charge is 0.495 e. The van der Waals surface area contributed by atoms with Crippen LogP contribution in [0.5, 0.6) is 5.75 Å². The van der Waals surface area contributed by atoms with Crippen molar-refractivity contribution >= 4 is 72.1 Å². The maximum absolute atomic E-state index is 12.0. The van der Waals surface area contributed by atoms with E-state index in [1.807, 2.05) is 36.4 Å². The summed E-state index contributed by atoms with van der Waals surface area (Å²) in [6.07, 6.45) is 3.21. The number of ether oxygens (including phenoxy) is 1. The van der Waals surface area contributed by atoms with Gasteiger partial charge in [-0.3, -0.25) is 4.79 Å². The molecular formula is C16H12Br2INO2. The molecule has 2 aromatic rings. The van der Waals surface area contributed by atoms with Gasteiger partial charge >= 0.3 is 0 Å². The van der Waals surface area contributed by atoms with E-state index in [4.69, 9.17) is 4.74 Å². The van der Waals surface area contributed by atoms with Gasteiger partial charge in [-0.1, -0.05) is 28.1 Å². The van der Waals surface area contributed by atoms with Gasteiger partial charge in [-0.25, -0.2) is 0 Å². The second-order valence-electron chi connectivity index (χ2n) is 4.31. The molecule has 0 aliphatic heterocycles. The van der Waals surface area contributed by atoms with Crippen molar-refractivity contribution in [3.05, 3.63) is 60.6 Å². The minimum absolute atomic E-state index is 0.192. The number of hydrogen-bond donors (Lipinski definition) is 1. The fraction of sp³-hybridized carbons (Fsp3) is 0.0625. The number of amides is 1. The minimum Gasteiger partial charge on any atom is -0.495 e. The molecule has 0 atom stereocenters. The molecule has 0 spiro atoms. The van der Waals surface area contributed by atoms with Crippen molar-refractivity contribution in [3.63, 3.8) is 0 Å². The topological polar surface area (TPSA) is 38.3 Å². The zero-order valence-corrected chi connectivity index (χ0v) is 16.9. The van der Waals surface area contributed by atoms with Crippen molar-refractivity contribution in [2.75, 3.05) is 12.4 Å². The van der Waals surface area contributed by atoms with Crippen molar-refractivity contribution in [1.29, 1.82) is 0 Å². The Bertz CT molecular complexity index is 732.